The molecule has 0 unspecified atom stereocenters. The Morgan fingerprint density at radius 2 is 0.576 bits per heavy atom. The first-order valence-corrected chi connectivity index (χ1v) is 16.4. The van der Waals surface area contributed by atoms with Crippen molar-refractivity contribution in [1.29, 1.82) is 0 Å². The Labute approximate surface area is 213 Å². The third kappa shape index (κ3) is 15.3. The van der Waals surface area contributed by atoms with Gasteiger partial charge in [0.1, 0.15) is 0 Å². The van der Waals surface area contributed by atoms with Crippen LogP contribution in [0.3, 0.4) is 0 Å². The summed E-state index contributed by atoms with van der Waals surface area (Å²) >= 11 is -4.23. The monoisotopic (exact) mass is 508 g/mol. The van der Waals surface area contributed by atoms with Crippen molar-refractivity contribution >= 4 is 0 Å². The number of rotatable bonds is 20. The summed E-state index contributed by atoms with van der Waals surface area (Å²) in [6.07, 6.45) is 12.9. The van der Waals surface area contributed by atoms with Gasteiger partial charge in [-0.05, 0) is 0 Å². The van der Waals surface area contributed by atoms with Crippen molar-refractivity contribution in [2.75, 3.05) is 0 Å². The van der Waals surface area contributed by atoms with Crippen molar-refractivity contribution in [3.63, 3.8) is 0 Å². The first-order valence-electron chi connectivity index (χ1n) is 13.9. The first kappa shape index (κ1) is 33.6. The van der Waals surface area contributed by atoms with Gasteiger partial charge in [-0.3, -0.25) is 0 Å². The molecule has 0 N–H and O–H groups in total. The van der Waals surface area contributed by atoms with Gasteiger partial charge in [-0.2, -0.15) is 0 Å². The van der Waals surface area contributed by atoms with Gasteiger partial charge in [0.05, 0.1) is 0 Å². The fraction of sp³-hybridized carbons (Fsp3) is 1.00. The molecule has 0 amide bonds. The van der Waals surface area contributed by atoms with Crippen LogP contribution in [0.25, 0.3) is 0 Å². The molecule has 0 bridgehead atoms. The van der Waals surface area contributed by atoms with Gasteiger partial charge in [0, 0.05) is 0 Å². The van der Waals surface area contributed by atoms with Crippen molar-refractivity contribution in [3.05, 3.63) is 0 Å². The second kappa shape index (κ2) is 15.0. The van der Waals surface area contributed by atoms with Crippen LogP contribution in [0.4, 0.5) is 0 Å². The van der Waals surface area contributed by atoms with E-state index >= 15 is 0 Å². The van der Waals surface area contributed by atoms with Crippen LogP contribution >= 0.6 is 0 Å². The molecule has 0 aliphatic carbocycles. The van der Waals surface area contributed by atoms with Crippen molar-refractivity contribution in [2.24, 2.45) is 0 Å². The summed E-state index contributed by atoms with van der Waals surface area (Å²) in [4.78, 5) is 0. The predicted octanol–water partition coefficient (Wildman–Crippen LogP) is 9.74. The maximum absolute atomic E-state index is 7.00. The molecule has 0 rings (SSSR count). The van der Waals surface area contributed by atoms with Crippen LogP contribution in [-0.4, -0.2) is 22.4 Å². The van der Waals surface area contributed by atoms with Crippen LogP contribution in [0.5, 0.6) is 0 Å². The minimum atomic E-state index is -4.23. The van der Waals surface area contributed by atoms with E-state index in [0.29, 0.717) is 0 Å². The van der Waals surface area contributed by atoms with Gasteiger partial charge in [0.15, 0.2) is 0 Å². The predicted molar refractivity (Wildman–Crippen MR) is 139 cm³/mol. The molecule has 0 saturated heterocycles. The van der Waals surface area contributed by atoms with E-state index in [-0.39, 0.29) is 22.4 Å². The molecule has 0 aromatic rings. The van der Waals surface area contributed by atoms with Gasteiger partial charge >= 0.3 is 214 Å². The van der Waals surface area contributed by atoms with Gasteiger partial charge in [0.2, 0.25) is 0 Å². The molecule has 0 aromatic heterocycles. The van der Waals surface area contributed by atoms with Crippen molar-refractivity contribution in [2.45, 2.75) is 183 Å². The van der Waals surface area contributed by atoms with Crippen LogP contribution in [0.1, 0.15) is 160 Å². The van der Waals surface area contributed by atoms with E-state index in [1.807, 2.05) is 0 Å². The molecule has 4 nitrogen and oxygen atoms in total. The Kier molecular flexibility index (Phi) is 15.2. The minimum absolute atomic E-state index is 0.363. The molecule has 0 radical (unpaired) electrons. The average molecular weight is 509 g/mol. The quantitative estimate of drug-likeness (QED) is 0.153. The van der Waals surface area contributed by atoms with Crippen molar-refractivity contribution in [3.8, 4) is 0 Å². The van der Waals surface area contributed by atoms with E-state index in [9.17, 15) is 0 Å². The zero-order valence-electron chi connectivity index (χ0n) is 24.6. The van der Waals surface area contributed by atoms with Crippen LogP contribution in [0, 0.1) is 0 Å². The number of unbranched alkanes of at least 4 members (excludes halogenated alkanes) is 4. The fourth-order valence-electron chi connectivity index (χ4n) is 4.09. The second-order valence-electron chi connectivity index (χ2n) is 12.4. The van der Waals surface area contributed by atoms with Gasteiger partial charge in [-0.25, -0.2) is 0 Å². The zero-order chi connectivity index (χ0) is 25.8. The van der Waals surface area contributed by atoms with E-state index in [4.69, 9.17) is 13.3 Å². The van der Waals surface area contributed by atoms with Crippen LogP contribution in [0.2, 0.25) is 0 Å². The molecule has 33 heavy (non-hydrogen) atoms. The SMILES string of the molecule is CCCCC(C)(C)[O][Ti]([O]C(C)(C)CCCC)([O]C(C)(C)CCCC)[O]C(C)(C)CCCC. The van der Waals surface area contributed by atoms with Crippen LogP contribution in [-0.2, 0) is 31.4 Å². The Morgan fingerprint density at radius 1 is 0.394 bits per heavy atom. The summed E-state index contributed by atoms with van der Waals surface area (Å²) in [7, 11) is 0. The van der Waals surface area contributed by atoms with Gasteiger partial charge in [0.25, 0.3) is 0 Å². The zero-order valence-corrected chi connectivity index (χ0v) is 26.2. The second-order valence-corrected chi connectivity index (χ2v) is 15.2. The normalized spacial score (nSPS) is 14.2. The maximum atomic E-state index is 7.00. The molecule has 0 aliphatic rings. The molecule has 0 spiro atoms. The third-order valence-electron chi connectivity index (χ3n) is 6.13. The summed E-state index contributed by atoms with van der Waals surface area (Å²) in [5, 5.41) is 0. The molecule has 5 heteroatoms. The third-order valence-corrected chi connectivity index (χ3v) is 11.1. The van der Waals surface area contributed by atoms with Crippen LogP contribution in [0.15, 0.2) is 0 Å². The Balaban J connectivity index is 6.34. The average Bonchev–Trinajstić information content (AvgIpc) is 2.66. The molecule has 0 aliphatic heterocycles. The topological polar surface area (TPSA) is 36.9 Å². The van der Waals surface area contributed by atoms with Crippen LogP contribution < -0.4 is 0 Å². The molecule has 0 fully saturated rings. The van der Waals surface area contributed by atoms with Gasteiger partial charge < -0.3 is 0 Å². The van der Waals surface area contributed by atoms with Gasteiger partial charge in [-0.15, -0.1) is 0 Å². The molecule has 200 valence electrons. The fourth-order valence-corrected chi connectivity index (χ4v) is 9.35. The Bertz CT molecular complexity index is 421. The number of hydrogen-bond donors (Lipinski definition) is 0. The summed E-state index contributed by atoms with van der Waals surface area (Å²) in [6.45, 7) is 26.3. The van der Waals surface area contributed by atoms with E-state index < -0.39 is 18.1 Å². The molecule has 0 saturated carbocycles. The molecule has 0 aromatic carbocycles. The van der Waals surface area contributed by atoms with E-state index in [1.165, 1.54) is 0 Å². The van der Waals surface area contributed by atoms with E-state index in [2.05, 4.69) is 83.1 Å². The van der Waals surface area contributed by atoms with Gasteiger partial charge in [-0.1, -0.05) is 0 Å². The van der Waals surface area contributed by atoms with Crippen molar-refractivity contribution < 1.29 is 31.4 Å². The number of hydrogen-bond acceptors (Lipinski definition) is 4. The van der Waals surface area contributed by atoms with Crippen molar-refractivity contribution in [1.82, 2.24) is 0 Å². The summed E-state index contributed by atoms with van der Waals surface area (Å²) in [5.41, 5.74) is -1.45. The molecule has 0 atom stereocenters. The molecular formula is C28H60O4Ti. The Morgan fingerprint density at radius 3 is 0.727 bits per heavy atom. The molecule has 0 heterocycles. The summed E-state index contributed by atoms with van der Waals surface area (Å²) in [6, 6.07) is 0. The molecular weight excluding hydrogens is 448 g/mol. The van der Waals surface area contributed by atoms with E-state index in [1.54, 1.807) is 0 Å². The van der Waals surface area contributed by atoms with E-state index in [0.717, 1.165) is 77.0 Å². The first-order chi connectivity index (χ1) is 15.1. The Hall–Kier alpha value is 0.554. The standard InChI is InChI=1S/4C7H15O.Ti/c4*1-4-5-6-7(2,3)8;/h4*4-6H2,1-3H3;/q4*-1;+4. The summed E-state index contributed by atoms with van der Waals surface area (Å²) in [5.74, 6) is 0. The summed E-state index contributed by atoms with van der Waals surface area (Å²) < 4.78 is 28.0.